The number of esters is 1. The Kier molecular flexibility index (Phi) is 5.41. The van der Waals surface area contributed by atoms with E-state index in [-0.39, 0.29) is 11.4 Å². The highest BCUT2D eigenvalue weighted by molar-refractivity contribution is 7.17. The van der Waals surface area contributed by atoms with Crippen molar-refractivity contribution < 1.29 is 14.3 Å². The number of aryl methyl sites for hydroxylation is 1. The van der Waals surface area contributed by atoms with E-state index in [1.54, 1.807) is 4.57 Å². The van der Waals surface area contributed by atoms with Crippen LogP contribution in [0.5, 0.6) is 0 Å². The number of para-hydroxylation sites is 3. The molecule has 1 aliphatic carbocycles. The number of hydrogen-bond donors (Lipinski definition) is 2. The predicted octanol–water partition coefficient (Wildman–Crippen LogP) is 5.14. The summed E-state index contributed by atoms with van der Waals surface area (Å²) in [7, 11) is 1.35. The van der Waals surface area contributed by atoms with Gasteiger partial charge in [-0.25, -0.2) is 14.8 Å². The number of hydrogen-bond acceptors (Lipinski definition) is 7. The fourth-order valence-electron chi connectivity index (χ4n) is 4.86. The first-order chi connectivity index (χ1) is 17.6. The molecule has 0 saturated heterocycles. The van der Waals surface area contributed by atoms with Gasteiger partial charge in [-0.3, -0.25) is 9.36 Å². The Morgan fingerprint density at radius 3 is 2.42 bits per heavy atom. The molecular formula is C27H23N5O3S. The molecule has 0 unspecified atom stereocenters. The van der Waals surface area contributed by atoms with Crippen LogP contribution >= 0.6 is 11.3 Å². The van der Waals surface area contributed by atoms with Crippen LogP contribution in [0.1, 0.15) is 44.0 Å². The van der Waals surface area contributed by atoms with Crippen LogP contribution < -0.4 is 11.1 Å². The van der Waals surface area contributed by atoms with E-state index in [1.165, 1.54) is 18.4 Å². The summed E-state index contributed by atoms with van der Waals surface area (Å²) in [6.45, 7) is 0. The number of thiophene rings is 1. The molecule has 9 heteroatoms. The van der Waals surface area contributed by atoms with Gasteiger partial charge >= 0.3 is 5.97 Å². The van der Waals surface area contributed by atoms with Gasteiger partial charge in [-0.1, -0.05) is 30.3 Å². The number of nitrogens with two attached hydrogens (primary N) is 1. The topological polar surface area (TPSA) is 112 Å². The average Bonchev–Trinajstić information content (AvgIpc) is 3.40. The second-order valence-electron chi connectivity index (χ2n) is 8.68. The number of methoxy groups -OCH3 is 1. The third-order valence-corrected chi connectivity index (χ3v) is 7.73. The molecular weight excluding hydrogens is 474 g/mol. The maximum absolute atomic E-state index is 13.8. The van der Waals surface area contributed by atoms with Crippen LogP contribution in [-0.4, -0.2) is 33.5 Å². The van der Waals surface area contributed by atoms with Crippen molar-refractivity contribution in [3.8, 4) is 5.69 Å². The van der Waals surface area contributed by atoms with Gasteiger partial charge in [0.2, 0.25) is 0 Å². The zero-order chi connectivity index (χ0) is 24.8. The fourth-order valence-corrected chi connectivity index (χ4v) is 6.13. The van der Waals surface area contributed by atoms with Crippen molar-refractivity contribution in [1.82, 2.24) is 14.5 Å². The molecule has 8 nitrogen and oxygen atoms in total. The number of carbonyl (C=O) groups excluding carboxylic acids is 2. The second-order valence-corrected chi connectivity index (χ2v) is 9.78. The molecule has 3 aromatic heterocycles. The lowest BCUT2D eigenvalue weighted by atomic mass is 9.95. The van der Waals surface area contributed by atoms with Gasteiger partial charge in [0.25, 0.3) is 5.91 Å². The van der Waals surface area contributed by atoms with E-state index < -0.39 is 11.9 Å². The van der Waals surface area contributed by atoms with Gasteiger partial charge in [0.15, 0.2) is 5.65 Å². The molecule has 5 aromatic rings. The molecule has 0 bridgehead atoms. The maximum atomic E-state index is 13.8. The maximum Gasteiger partial charge on any atom is 0.341 e. The quantitative estimate of drug-likeness (QED) is 0.333. The number of ether oxygens (including phenoxy) is 1. The number of benzene rings is 2. The highest BCUT2D eigenvalue weighted by Crippen LogP contribution is 2.39. The first-order valence-electron chi connectivity index (χ1n) is 11.7. The third-order valence-electron chi connectivity index (χ3n) is 6.53. The SMILES string of the molecule is COC(=O)c1c(NC(=O)c2c(N)n(-c3ccccc3)c3nc4ccccc4nc23)sc2c1CCCC2. The van der Waals surface area contributed by atoms with E-state index in [1.807, 2.05) is 54.6 Å². The Hall–Kier alpha value is -4.24. The Bertz CT molecular complexity index is 1660. The van der Waals surface area contributed by atoms with Gasteiger partial charge < -0.3 is 15.8 Å². The molecule has 36 heavy (non-hydrogen) atoms. The van der Waals surface area contributed by atoms with Crippen molar-refractivity contribution in [3.05, 3.63) is 76.2 Å². The lowest BCUT2D eigenvalue weighted by Gasteiger charge is -2.11. The summed E-state index contributed by atoms with van der Waals surface area (Å²) in [5.41, 5.74) is 11.3. The van der Waals surface area contributed by atoms with Gasteiger partial charge in [0.1, 0.15) is 21.9 Å². The smallest absolute Gasteiger partial charge is 0.341 e. The number of fused-ring (bicyclic) bond motifs is 3. The molecule has 1 amide bonds. The number of nitrogens with zero attached hydrogens (tertiary/aromatic N) is 3. The Balaban J connectivity index is 1.53. The summed E-state index contributed by atoms with van der Waals surface area (Å²) < 4.78 is 6.80. The summed E-state index contributed by atoms with van der Waals surface area (Å²) in [6, 6.07) is 17.0. The van der Waals surface area contributed by atoms with Crippen molar-refractivity contribution in [2.75, 3.05) is 18.2 Å². The number of amides is 1. The van der Waals surface area contributed by atoms with Crippen molar-refractivity contribution >= 4 is 56.2 Å². The highest BCUT2D eigenvalue weighted by atomic mass is 32.1. The largest absolute Gasteiger partial charge is 0.465 e. The first-order valence-corrected chi connectivity index (χ1v) is 12.5. The summed E-state index contributed by atoms with van der Waals surface area (Å²) >= 11 is 1.43. The fraction of sp³-hybridized carbons (Fsp3) is 0.185. The number of nitrogens with one attached hydrogen (secondary N) is 1. The average molecular weight is 498 g/mol. The van der Waals surface area contributed by atoms with Crippen LogP contribution in [0.2, 0.25) is 0 Å². The molecule has 0 radical (unpaired) electrons. The van der Waals surface area contributed by atoms with Crippen LogP contribution in [0.15, 0.2) is 54.6 Å². The minimum Gasteiger partial charge on any atom is -0.465 e. The highest BCUT2D eigenvalue weighted by Gasteiger charge is 2.30. The van der Waals surface area contributed by atoms with Crippen LogP contribution in [0.3, 0.4) is 0 Å². The van der Waals surface area contributed by atoms with Crippen molar-refractivity contribution in [2.24, 2.45) is 0 Å². The number of carbonyl (C=O) groups is 2. The van der Waals surface area contributed by atoms with Gasteiger partial charge in [-0.2, -0.15) is 0 Å². The van der Waals surface area contributed by atoms with E-state index in [4.69, 9.17) is 20.4 Å². The third kappa shape index (κ3) is 3.51. The number of anilines is 2. The standard InChI is InChI=1S/C27H23N5O3S/c1-35-27(34)20-16-11-5-8-14-19(16)36-26(20)31-25(33)21-22-24(30-18-13-7-6-12-17(18)29-22)32(23(21)28)15-9-3-2-4-10-15/h2-4,6-7,9-10,12-13H,5,8,11,14,28H2,1H3,(H,31,33). The monoisotopic (exact) mass is 497 g/mol. The molecule has 0 saturated carbocycles. The first kappa shape index (κ1) is 22.2. The molecule has 180 valence electrons. The Morgan fingerprint density at radius 1 is 0.972 bits per heavy atom. The van der Waals surface area contributed by atoms with Crippen LogP contribution in [-0.2, 0) is 17.6 Å². The van der Waals surface area contributed by atoms with Crippen LogP contribution in [0.4, 0.5) is 10.8 Å². The van der Waals surface area contributed by atoms with E-state index in [2.05, 4.69) is 5.32 Å². The normalized spacial score (nSPS) is 13.0. The van der Waals surface area contributed by atoms with Crippen molar-refractivity contribution in [1.29, 1.82) is 0 Å². The molecule has 0 fully saturated rings. The lowest BCUT2D eigenvalue weighted by molar-refractivity contribution is 0.0601. The Morgan fingerprint density at radius 2 is 1.67 bits per heavy atom. The molecule has 3 N–H and O–H groups in total. The molecule has 3 heterocycles. The van der Waals surface area contributed by atoms with Crippen LogP contribution in [0, 0.1) is 0 Å². The Labute approximate surface area is 210 Å². The zero-order valence-corrected chi connectivity index (χ0v) is 20.4. The molecule has 0 spiro atoms. The predicted molar refractivity (Wildman–Crippen MR) is 141 cm³/mol. The summed E-state index contributed by atoms with van der Waals surface area (Å²) in [5, 5.41) is 3.44. The summed E-state index contributed by atoms with van der Waals surface area (Å²) in [4.78, 5) is 37.2. The number of nitrogen functional groups attached to an aromatic ring is 1. The molecule has 1 aliphatic rings. The zero-order valence-electron chi connectivity index (χ0n) is 19.6. The molecule has 2 aromatic carbocycles. The molecule has 6 rings (SSSR count). The van der Waals surface area contributed by atoms with E-state index in [9.17, 15) is 9.59 Å². The minimum atomic E-state index is -0.449. The lowest BCUT2D eigenvalue weighted by Crippen LogP contribution is -2.16. The van der Waals surface area contributed by atoms with Crippen LogP contribution in [0.25, 0.3) is 27.9 Å². The van der Waals surface area contributed by atoms with E-state index >= 15 is 0 Å². The second kappa shape index (κ2) is 8.76. The van der Waals surface area contributed by atoms with Crippen molar-refractivity contribution in [2.45, 2.75) is 25.7 Å². The van der Waals surface area contributed by atoms with E-state index in [0.717, 1.165) is 41.8 Å². The van der Waals surface area contributed by atoms with Gasteiger partial charge in [0.05, 0.1) is 23.7 Å². The van der Waals surface area contributed by atoms with Gasteiger partial charge in [-0.15, -0.1) is 11.3 Å². The molecule has 0 aliphatic heterocycles. The van der Waals surface area contributed by atoms with Crippen molar-refractivity contribution in [3.63, 3.8) is 0 Å². The number of aromatic nitrogens is 3. The number of rotatable bonds is 4. The van der Waals surface area contributed by atoms with Gasteiger partial charge in [-0.05, 0) is 55.5 Å². The summed E-state index contributed by atoms with van der Waals surface area (Å²) in [5.74, 6) is -0.666. The van der Waals surface area contributed by atoms with E-state index in [0.29, 0.717) is 32.8 Å². The summed E-state index contributed by atoms with van der Waals surface area (Å²) in [6.07, 6.45) is 3.73. The minimum absolute atomic E-state index is 0.217. The molecule has 0 atom stereocenters. The van der Waals surface area contributed by atoms with Gasteiger partial charge in [0, 0.05) is 10.6 Å².